The summed E-state index contributed by atoms with van der Waals surface area (Å²) in [7, 11) is 1.21. The van der Waals surface area contributed by atoms with Gasteiger partial charge in [0, 0.05) is 17.4 Å². The van der Waals surface area contributed by atoms with Gasteiger partial charge in [-0.15, -0.1) is 11.8 Å². The molecule has 1 saturated heterocycles. The van der Waals surface area contributed by atoms with E-state index in [1.165, 1.54) is 18.9 Å². The predicted molar refractivity (Wildman–Crippen MR) is 116 cm³/mol. The molecular formula is C20H17N7O7S. The van der Waals surface area contributed by atoms with Crippen LogP contribution in [0.1, 0.15) is 5.82 Å². The van der Waals surface area contributed by atoms with Crippen molar-refractivity contribution in [1.29, 1.82) is 0 Å². The molecule has 0 radical (unpaired) electrons. The molecule has 180 valence electrons. The zero-order chi connectivity index (χ0) is 24.7. The predicted octanol–water partition coefficient (Wildman–Crippen LogP) is -1.86. The number of rotatable bonds is 7. The number of carbonyl (C=O) groups is 3. The maximum atomic E-state index is 12.9. The van der Waals surface area contributed by atoms with Gasteiger partial charge < -0.3 is 34.7 Å². The fourth-order valence-corrected chi connectivity index (χ4v) is 5.22. The van der Waals surface area contributed by atoms with Crippen molar-refractivity contribution in [2.75, 3.05) is 18.6 Å². The molecule has 0 aliphatic carbocycles. The molecule has 0 spiro atoms. The minimum atomic E-state index is -1.47. The number of thioether (sulfide) groups is 1. The highest BCUT2D eigenvalue weighted by Crippen LogP contribution is 2.40. The highest BCUT2D eigenvalue weighted by atomic mass is 32.2. The molecule has 1 unspecified atom stereocenters. The Bertz CT molecular complexity index is 1410. The lowest BCUT2D eigenvalue weighted by Gasteiger charge is -2.50. The van der Waals surface area contributed by atoms with E-state index in [0.29, 0.717) is 16.9 Å². The number of carboxylic acid groups (broad SMARTS) is 1. The summed E-state index contributed by atoms with van der Waals surface area (Å²) in [5.74, 6) is -2.82. The van der Waals surface area contributed by atoms with E-state index in [1.807, 2.05) is 6.20 Å². The molecule has 3 aromatic rings. The number of carbonyl (C=O) groups excluding carboxylic acids is 3. The molecule has 0 bridgehead atoms. The normalized spacial score (nSPS) is 20.0. The second kappa shape index (κ2) is 8.75. The van der Waals surface area contributed by atoms with Gasteiger partial charge in [0.05, 0.1) is 23.3 Å². The lowest BCUT2D eigenvalue weighted by atomic mass is 10.0. The molecule has 5 rings (SSSR count). The monoisotopic (exact) mass is 499 g/mol. The largest absolute Gasteiger partial charge is 0.543 e. The van der Waals surface area contributed by atoms with Gasteiger partial charge in [-0.2, -0.15) is 4.98 Å². The van der Waals surface area contributed by atoms with Crippen molar-refractivity contribution >= 4 is 52.2 Å². The fraction of sp³-hybridized carbons (Fsp3) is 0.250. The number of nitrogen functional groups attached to an aromatic ring is 1. The molecule has 0 aromatic carbocycles. The number of β-lactam (4-membered cyclic amide) rings is 1. The standard InChI is InChI=1S/C20H17N7O7S/c1-32-24-12(15-23-20(21)34-25-15)16(28)22-13-17(29)27-14(19(30)31)10(8-35-18(13)27)7-26-4-2-11-9(6-26)3-5-33-11/h2-6,13,18H,7-8H2,1H3,(H3-,21,22,23,25,28,30,31)/b24-12-/t13?,18-/m1/s1. The van der Waals surface area contributed by atoms with Crippen LogP contribution in [-0.2, 0) is 25.8 Å². The van der Waals surface area contributed by atoms with Crippen LogP contribution in [0.5, 0.6) is 0 Å². The Morgan fingerprint density at radius 2 is 2.29 bits per heavy atom. The Labute approximate surface area is 200 Å². The van der Waals surface area contributed by atoms with Crippen LogP contribution in [0.4, 0.5) is 6.01 Å². The molecule has 0 saturated carbocycles. The smallest absolute Gasteiger partial charge is 0.319 e. The first kappa shape index (κ1) is 22.4. The number of pyridine rings is 1. The molecule has 2 aliphatic heterocycles. The highest BCUT2D eigenvalue weighted by molar-refractivity contribution is 8.00. The zero-order valence-corrected chi connectivity index (χ0v) is 18.9. The second-order valence-corrected chi connectivity index (χ2v) is 8.64. The third kappa shape index (κ3) is 3.95. The van der Waals surface area contributed by atoms with E-state index in [4.69, 9.17) is 10.2 Å². The summed E-state index contributed by atoms with van der Waals surface area (Å²) in [4.78, 5) is 47.2. The number of furan rings is 1. The van der Waals surface area contributed by atoms with Crippen molar-refractivity contribution < 1.29 is 37.8 Å². The minimum Gasteiger partial charge on any atom is -0.543 e. The van der Waals surface area contributed by atoms with Crippen molar-refractivity contribution in [2.24, 2.45) is 5.16 Å². The van der Waals surface area contributed by atoms with Crippen LogP contribution >= 0.6 is 11.8 Å². The number of nitrogens with two attached hydrogens (primary N) is 1. The van der Waals surface area contributed by atoms with Crippen molar-refractivity contribution in [3.05, 3.63) is 47.9 Å². The summed E-state index contributed by atoms with van der Waals surface area (Å²) >= 11 is 1.31. The summed E-state index contributed by atoms with van der Waals surface area (Å²) in [5, 5.41) is 21.8. The first-order valence-electron chi connectivity index (χ1n) is 10.1. The average molecular weight is 499 g/mol. The van der Waals surface area contributed by atoms with Gasteiger partial charge in [-0.05, 0) is 6.07 Å². The number of aromatic nitrogens is 3. The maximum Gasteiger partial charge on any atom is 0.319 e. The van der Waals surface area contributed by atoms with Gasteiger partial charge in [0.1, 0.15) is 24.1 Å². The molecular weight excluding hydrogens is 482 g/mol. The lowest BCUT2D eigenvalue weighted by Crippen LogP contribution is -2.71. The fourth-order valence-electron chi connectivity index (χ4n) is 3.89. The Morgan fingerprint density at radius 1 is 1.46 bits per heavy atom. The van der Waals surface area contributed by atoms with Gasteiger partial charge in [-0.3, -0.25) is 14.5 Å². The second-order valence-electron chi connectivity index (χ2n) is 7.54. The lowest BCUT2D eigenvalue weighted by molar-refractivity contribution is -0.687. The van der Waals surface area contributed by atoms with Gasteiger partial charge in [-0.25, -0.2) is 4.57 Å². The summed E-state index contributed by atoms with van der Waals surface area (Å²) < 4.78 is 11.8. The maximum absolute atomic E-state index is 12.9. The highest BCUT2D eigenvalue weighted by Gasteiger charge is 2.53. The molecule has 15 heteroatoms. The summed E-state index contributed by atoms with van der Waals surface area (Å²) in [6, 6.07) is 2.27. The molecule has 35 heavy (non-hydrogen) atoms. The number of fused-ring (bicyclic) bond motifs is 2. The van der Waals surface area contributed by atoms with Gasteiger partial charge >= 0.3 is 6.01 Å². The van der Waals surface area contributed by atoms with Gasteiger partial charge in [0.25, 0.3) is 11.8 Å². The molecule has 1 fully saturated rings. The van der Waals surface area contributed by atoms with Gasteiger partial charge in [0.15, 0.2) is 18.9 Å². The van der Waals surface area contributed by atoms with Crippen LogP contribution in [0.15, 0.2) is 56.2 Å². The number of amides is 2. The number of nitrogens with one attached hydrogen (secondary N) is 1. The number of oxime groups is 1. The molecule has 5 heterocycles. The van der Waals surface area contributed by atoms with Crippen LogP contribution in [-0.4, -0.2) is 62.8 Å². The van der Waals surface area contributed by atoms with E-state index in [2.05, 4.69) is 30.0 Å². The van der Waals surface area contributed by atoms with E-state index in [9.17, 15) is 19.5 Å². The Kier molecular flexibility index (Phi) is 5.60. The Hall–Kier alpha value is -4.40. The number of anilines is 1. The number of nitrogens with zero attached hydrogens (tertiary/aromatic N) is 5. The molecule has 2 aliphatic rings. The summed E-state index contributed by atoms with van der Waals surface area (Å²) in [6.07, 6.45) is 5.13. The van der Waals surface area contributed by atoms with Crippen molar-refractivity contribution in [3.63, 3.8) is 0 Å². The molecule has 14 nitrogen and oxygen atoms in total. The van der Waals surface area contributed by atoms with Crippen LogP contribution in [0.2, 0.25) is 0 Å². The molecule has 2 atom stereocenters. The number of aliphatic carboxylic acids is 1. The quantitative estimate of drug-likeness (QED) is 0.160. The minimum absolute atomic E-state index is 0.208. The zero-order valence-electron chi connectivity index (χ0n) is 18.0. The number of hydrogen-bond donors (Lipinski definition) is 2. The first-order chi connectivity index (χ1) is 16.9. The third-order valence-corrected chi connectivity index (χ3v) is 6.74. The van der Waals surface area contributed by atoms with Crippen LogP contribution < -0.4 is 20.7 Å². The van der Waals surface area contributed by atoms with Crippen molar-refractivity contribution in [2.45, 2.75) is 18.0 Å². The van der Waals surface area contributed by atoms with E-state index >= 15 is 0 Å². The Morgan fingerprint density at radius 3 is 3.00 bits per heavy atom. The van der Waals surface area contributed by atoms with E-state index in [-0.39, 0.29) is 29.8 Å². The number of carboxylic acids is 1. The number of hydrogen-bond acceptors (Lipinski definition) is 12. The summed E-state index contributed by atoms with van der Waals surface area (Å²) in [5.41, 5.74) is 6.02. The molecule has 2 amide bonds. The van der Waals surface area contributed by atoms with E-state index < -0.39 is 29.2 Å². The van der Waals surface area contributed by atoms with Crippen molar-refractivity contribution in [1.82, 2.24) is 20.4 Å². The summed E-state index contributed by atoms with van der Waals surface area (Å²) in [6.45, 7) is 0.231. The van der Waals surface area contributed by atoms with E-state index in [1.54, 1.807) is 29.2 Å². The van der Waals surface area contributed by atoms with Crippen LogP contribution in [0, 0.1) is 0 Å². The topological polar surface area (TPSA) is 193 Å². The Balaban J connectivity index is 1.36. The van der Waals surface area contributed by atoms with Gasteiger partial charge in [-0.1, -0.05) is 10.3 Å². The van der Waals surface area contributed by atoms with Crippen molar-refractivity contribution in [3.8, 4) is 0 Å². The SMILES string of the molecule is CO/N=C(\C(=O)NC1C(=O)N2C(C(=O)[O-])=C(C[n+]3ccc4occc4c3)CS[C@H]12)c1noc(N)n1. The molecule has 3 aromatic heterocycles. The molecule has 3 N–H and O–H groups in total. The first-order valence-corrected chi connectivity index (χ1v) is 11.2. The van der Waals surface area contributed by atoms with Crippen LogP contribution in [0.3, 0.4) is 0 Å². The average Bonchev–Trinajstić information content (AvgIpc) is 3.48. The van der Waals surface area contributed by atoms with Crippen LogP contribution in [0.25, 0.3) is 11.0 Å². The third-order valence-electron chi connectivity index (χ3n) is 5.40. The van der Waals surface area contributed by atoms with Gasteiger partial charge in [0.2, 0.25) is 11.5 Å². The van der Waals surface area contributed by atoms with E-state index in [0.717, 1.165) is 10.3 Å².